The van der Waals surface area contributed by atoms with Gasteiger partial charge in [-0.15, -0.1) is 0 Å². The van der Waals surface area contributed by atoms with Crippen LogP contribution in [0.15, 0.2) is 12.1 Å². The smallest absolute Gasteiger partial charge is 0.340 e. The first-order chi connectivity index (χ1) is 9.10. The van der Waals surface area contributed by atoms with Gasteiger partial charge in [0.1, 0.15) is 11.4 Å². The minimum atomic E-state index is -1.22. The summed E-state index contributed by atoms with van der Waals surface area (Å²) in [5, 5.41) is 12.3. The lowest BCUT2D eigenvalue weighted by Gasteiger charge is -2.13. The quantitative estimate of drug-likeness (QED) is 0.740. The van der Waals surface area contributed by atoms with E-state index in [2.05, 4.69) is 33.0 Å². The molecule has 5 heteroatoms. The van der Waals surface area contributed by atoms with Crippen LogP contribution < -0.4 is 11.1 Å². The molecule has 0 unspecified atom stereocenters. The van der Waals surface area contributed by atoms with Crippen molar-refractivity contribution in [2.75, 3.05) is 17.6 Å². The predicted molar refractivity (Wildman–Crippen MR) is 77.3 cm³/mol. The van der Waals surface area contributed by atoms with Gasteiger partial charge in [0.25, 0.3) is 0 Å². The van der Waals surface area contributed by atoms with Gasteiger partial charge in [-0.3, -0.25) is 0 Å². The molecule has 1 aliphatic rings. The van der Waals surface area contributed by atoms with Crippen LogP contribution in [0.4, 0.5) is 15.8 Å². The first kappa shape index (κ1) is 14.6. The lowest BCUT2D eigenvalue weighted by Crippen LogP contribution is -2.14. The lowest BCUT2D eigenvalue weighted by atomic mass is 10.0. The molecule has 2 rings (SSSR count). The number of hydrogen-bond acceptors (Lipinski definition) is 3. The van der Waals surface area contributed by atoms with Crippen molar-refractivity contribution in [1.29, 1.82) is 0 Å². The second kappa shape index (κ2) is 4.36. The Morgan fingerprint density at radius 1 is 1.35 bits per heavy atom. The number of nitrogens with two attached hydrogens (primary N) is 1. The zero-order chi connectivity index (χ0) is 15.3. The van der Waals surface area contributed by atoms with Gasteiger partial charge < -0.3 is 16.2 Å². The molecule has 0 aromatic heterocycles. The maximum absolute atomic E-state index is 13.4. The van der Waals surface area contributed by atoms with Crippen LogP contribution in [0, 0.1) is 22.6 Å². The van der Waals surface area contributed by atoms with Crippen molar-refractivity contribution in [3.63, 3.8) is 0 Å². The molecule has 0 bridgehead atoms. The van der Waals surface area contributed by atoms with E-state index in [1.165, 1.54) is 12.1 Å². The largest absolute Gasteiger partial charge is 0.478 e. The van der Waals surface area contributed by atoms with E-state index in [0.717, 1.165) is 0 Å². The molecule has 4 nitrogen and oxygen atoms in total. The number of carboxylic acid groups (broad SMARTS) is 1. The zero-order valence-electron chi connectivity index (χ0n) is 12.2. The molecule has 1 fully saturated rings. The van der Waals surface area contributed by atoms with E-state index >= 15 is 0 Å². The van der Waals surface area contributed by atoms with Gasteiger partial charge in [-0.25, -0.2) is 9.18 Å². The Morgan fingerprint density at radius 2 is 1.90 bits per heavy atom. The van der Waals surface area contributed by atoms with E-state index in [1.807, 2.05) is 0 Å². The van der Waals surface area contributed by atoms with Gasteiger partial charge in [-0.2, -0.15) is 0 Å². The molecule has 1 aromatic carbocycles. The van der Waals surface area contributed by atoms with Gasteiger partial charge in [0.15, 0.2) is 0 Å². The summed E-state index contributed by atoms with van der Waals surface area (Å²) in [5.74, 6) is -1.50. The van der Waals surface area contributed by atoms with Crippen LogP contribution in [0.25, 0.3) is 0 Å². The summed E-state index contributed by atoms with van der Waals surface area (Å²) in [6, 6.07) is 2.62. The Hall–Kier alpha value is -1.78. The number of anilines is 2. The van der Waals surface area contributed by atoms with Crippen LogP contribution in [0.1, 0.15) is 38.1 Å². The zero-order valence-corrected chi connectivity index (χ0v) is 12.2. The Kier molecular flexibility index (Phi) is 3.19. The monoisotopic (exact) mass is 280 g/mol. The highest BCUT2D eigenvalue weighted by Crippen LogP contribution is 2.68. The topological polar surface area (TPSA) is 75.3 Å². The van der Waals surface area contributed by atoms with E-state index in [1.54, 1.807) is 0 Å². The van der Waals surface area contributed by atoms with Gasteiger partial charge in [0, 0.05) is 6.54 Å². The lowest BCUT2D eigenvalue weighted by molar-refractivity contribution is 0.0698. The van der Waals surface area contributed by atoms with Crippen LogP contribution >= 0.6 is 0 Å². The number of hydrogen-bond donors (Lipinski definition) is 3. The third-order valence-electron chi connectivity index (χ3n) is 5.22. The molecule has 0 aliphatic heterocycles. The maximum Gasteiger partial charge on any atom is 0.340 e. The van der Waals surface area contributed by atoms with Crippen molar-refractivity contribution in [1.82, 2.24) is 0 Å². The number of nitrogen functional groups attached to an aromatic ring is 1. The van der Waals surface area contributed by atoms with Gasteiger partial charge >= 0.3 is 5.97 Å². The fourth-order valence-electron chi connectivity index (χ4n) is 3.03. The number of benzene rings is 1. The van der Waals surface area contributed by atoms with Gasteiger partial charge in [0.2, 0.25) is 0 Å². The van der Waals surface area contributed by atoms with Gasteiger partial charge in [0.05, 0.1) is 11.4 Å². The van der Waals surface area contributed by atoms with Crippen molar-refractivity contribution in [2.24, 2.45) is 16.7 Å². The minimum absolute atomic E-state index is 0.193. The Balaban J connectivity index is 2.20. The highest BCUT2D eigenvalue weighted by Gasteiger charge is 2.64. The highest BCUT2D eigenvalue weighted by atomic mass is 19.1. The minimum Gasteiger partial charge on any atom is -0.478 e. The van der Waals surface area contributed by atoms with Crippen LogP contribution in [0.3, 0.4) is 0 Å². The molecule has 0 saturated heterocycles. The van der Waals surface area contributed by atoms with Crippen LogP contribution in [-0.2, 0) is 0 Å². The fraction of sp³-hybridized carbons (Fsp3) is 0.533. The first-order valence-corrected chi connectivity index (χ1v) is 6.66. The number of carboxylic acids is 1. The van der Waals surface area contributed by atoms with E-state index in [4.69, 9.17) is 5.73 Å². The highest BCUT2D eigenvalue weighted by molar-refractivity contribution is 6.00. The van der Waals surface area contributed by atoms with Crippen molar-refractivity contribution < 1.29 is 14.3 Å². The van der Waals surface area contributed by atoms with E-state index in [0.29, 0.717) is 18.2 Å². The standard InChI is InChI=1S/C15H21FN2O2/c1-14(2)10(15(14,3)4)7-18-9-6-5-8(16)12(17)11(9)13(19)20/h5-6,10,18H,7,17H2,1-4H3,(H,19,20). The molecule has 0 radical (unpaired) electrons. The molecule has 4 N–H and O–H groups in total. The molecule has 110 valence electrons. The summed E-state index contributed by atoms with van der Waals surface area (Å²) in [5.41, 5.74) is 5.78. The number of rotatable bonds is 4. The molecule has 0 amide bonds. The third-order valence-corrected chi connectivity index (χ3v) is 5.22. The van der Waals surface area contributed by atoms with E-state index in [9.17, 15) is 14.3 Å². The number of halogens is 1. The van der Waals surface area contributed by atoms with Crippen molar-refractivity contribution in [2.45, 2.75) is 27.7 Å². The average molecular weight is 280 g/mol. The molecule has 0 spiro atoms. The second-order valence-electron chi connectivity index (χ2n) is 6.57. The molecular weight excluding hydrogens is 259 g/mol. The van der Waals surface area contributed by atoms with Gasteiger partial charge in [-0.05, 0) is 28.9 Å². The molecule has 20 heavy (non-hydrogen) atoms. The number of carbonyl (C=O) groups is 1. The van der Waals surface area contributed by atoms with E-state index in [-0.39, 0.29) is 22.1 Å². The maximum atomic E-state index is 13.4. The number of nitrogens with one attached hydrogen (secondary N) is 1. The fourth-order valence-corrected chi connectivity index (χ4v) is 3.03. The summed E-state index contributed by atoms with van der Waals surface area (Å²) >= 11 is 0. The van der Waals surface area contributed by atoms with Crippen molar-refractivity contribution in [3.8, 4) is 0 Å². The molecule has 1 saturated carbocycles. The van der Waals surface area contributed by atoms with E-state index < -0.39 is 11.8 Å². The van der Waals surface area contributed by atoms with Crippen molar-refractivity contribution >= 4 is 17.3 Å². The Morgan fingerprint density at radius 3 is 2.35 bits per heavy atom. The first-order valence-electron chi connectivity index (χ1n) is 6.66. The molecule has 0 heterocycles. The Labute approximate surface area is 118 Å². The second-order valence-corrected chi connectivity index (χ2v) is 6.57. The summed E-state index contributed by atoms with van der Waals surface area (Å²) < 4.78 is 13.4. The van der Waals surface area contributed by atoms with Crippen LogP contribution in [0.2, 0.25) is 0 Å². The SMILES string of the molecule is CC1(C)C(CNc2ccc(F)c(N)c2C(=O)O)C1(C)C. The third kappa shape index (κ3) is 2.01. The number of aromatic carboxylic acids is 1. The molecular formula is C15H21FN2O2. The van der Waals surface area contributed by atoms with Crippen molar-refractivity contribution in [3.05, 3.63) is 23.5 Å². The van der Waals surface area contributed by atoms with Crippen LogP contribution in [-0.4, -0.2) is 17.6 Å². The molecule has 0 atom stereocenters. The molecule has 1 aromatic rings. The Bertz CT molecular complexity index is 553. The summed E-state index contributed by atoms with van der Waals surface area (Å²) in [6.07, 6.45) is 0. The molecule has 1 aliphatic carbocycles. The predicted octanol–water partition coefficient (Wildman–Crippen LogP) is 3.20. The average Bonchev–Trinajstić information content (AvgIpc) is 2.71. The normalized spacial score (nSPS) is 19.6. The van der Waals surface area contributed by atoms with Crippen LogP contribution in [0.5, 0.6) is 0 Å². The summed E-state index contributed by atoms with van der Waals surface area (Å²) in [6.45, 7) is 9.41. The summed E-state index contributed by atoms with van der Waals surface area (Å²) in [4.78, 5) is 11.2. The summed E-state index contributed by atoms with van der Waals surface area (Å²) in [7, 11) is 0. The van der Waals surface area contributed by atoms with Gasteiger partial charge in [-0.1, -0.05) is 27.7 Å².